The van der Waals surface area contributed by atoms with Crippen molar-refractivity contribution in [3.05, 3.63) is 40.5 Å². The molecule has 0 unspecified atom stereocenters. The van der Waals surface area contributed by atoms with Crippen LogP contribution in [0.15, 0.2) is 30.5 Å². The molecule has 2 aromatic heterocycles. The number of imidazole rings is 1. The lowest BCUT2D eigenvalue weighted by atomic mass is 10.2. The summed E-state index contributed by atoms with van der Waals surface area (Å²) < 4.78 is 0. The molecule has 2 heterocycles. The molecular weight excluding hydrogens is 349 g/mol. The average molecular weight is 362 g/mol. The number of hydrogen-bond acceptors (Lipinski definition) is 3. The van der Waals surface area contributed by atoms with Gasteiger partial charge < -0.3 is 10.3 Å². The van der Waals surface area contributed by atoms with Crippen molar-refractivity contribution < 1.29 is 4.79 Å². The lowest BCUT2D eigenvalue weighted by molar-refractivity contribution is 0.251. The quantitative estimate of drug-likeness (QED) is 0.653. The van der Waals surface area contributed by atoms with Crippen LogP contribution in [0.3, 0.4) is 0 Å². The number of amides is 2. The van der Waals surface area contributed by atoms with E-state index in [-0.39, 0.29) is 12.1 Å². The predicted molar refractivity (Wildman–Crippen MR) is 94.5 cm³/mol. The van der Waals surface area contributed by atoms with E-state index in [9.17, 15) is 4.79 Å². The summed E-state index contributed by atoms with van der Waals surface area (Å²) in [5.41, 5.74) is 1.90. The number of fused-ring (bicyclic) bond motifs is 1. The Morgan fingerprint density at radius 3 is 2.67 bits per heavy atom. The van der Waals surface area contributed by atoms with E-state index >= 15 is 0 Å². The van der Waals surface area contributed by atoms with Gasteiger partial charge in [0.2, 0.25) is 0 Å². The number of benzene rings is 1. The number of aromatic nitrogens is 3. The van der Waals surface area contributed by atoms with Gasteiger partial charge >= 0.3 is 6.03 Å². The Morgan fingerprint density at radius 1 is 1.21 bits per heavy atom. The molecule has 24 heavy (non-hydrogen) atoms. The monoisotopic (exact) mass is 361 g/mol. The van der Waals surface area contributed by atoms with Gasteiger partial charge in [0.15, 0.2) is 5.82 Å². The molecule has 1 fully saturated rings. The zero-order valence-corrected chi connectivity index (χ0v) is 13.9. The number of hydrogen-bond donors (Lipinski definition) is 3. The third kappa shape index (κ3) is 2.90. The highest BCUT2D eigenvalue weighted by Crippen LogP contribution is 2.34. The maximum absolute atomic E-state index is 12.0. The van der Waals surface area contributed by atoms with Crippen molar-refractivity contribution in [3.8, 4) is 11.4 Å². The molecule has 3 aromatic rings. The molecule has 0 bridgehead atoms. The second-order valence-electron chi connectivity index (χ2n) is 5.61. The fourth-order valence-corrected chi connectivity index (χ4v) is 3.01. The SMILES string of the molecule is O=C(Nc1nccc2nc(-c3c(Cl)cccc3Cl)[nH]c12)NC1CC1. The van der Waals surface area contributed by atoms with E-state index in [4.69, 9.17) is 23.2 Å². The summed E-state index contributed by atoms with van der Waals surface area (Å²) in [6, 6.07) is 7.01. The van der Waals surface area contributed by atoms with Gasteiger partial charge in [0.25, 0.3) is 0 Å². The van der Waals surface area contributed by atoms with Crippen LogP contribution in [0.4, 0.5) is 10.6 Å². The number of halogens is 2. The van der Waals surface area contributed by atoms with E-state index in [1.807, 2.05) is 0 Å². The van der Waals surface area contributed by atoms with E-state index < -0.39 is 0 Å². The Labute approximate surface area is 147 Å². The molecule has 0 saturated heterocycles. The number of carbonyl (C=O) groups is 1. The Kier molecular flexibility index (Phi) is 3.78. The second-order valence-corrected chi connectivity index (χ2v) is 6.42. The van der Waals surface area contributed by atoms with E-state index in [1.54, 1.807) is 30.5 Å². The molecule has 122 valence electrons. The Balaban J connectivity index is 1.72. The molecule has 6 nitrogen and oxygen atoms in total. The van der Waals surface area contributed by atoms with Gasteiger partial charge in [0, 0.05) is 12.2 Å². The second kappa shape index (κ2) is 5.96. The number of nitrogens with zero attached hydrogens (tertiary/aromatic N) is 2. The number of carbonyl (C=O) groups excluding carboxylic acids is 1. The molecular formula is C16H13Cl2N5O. The highest BCUT2D eigenvalue weighted by molar-refractivity contribution is 6.39. The molecule has 0 aliphatic heterocycles. The molecule has 1 saturated carbocycles. The maximum Gasteiger partial charge on any atom is 0.320 e. The molecule has 0 atom stereocenters. The minimum Gasteiger partial charge on any atom is -0.335 e. The molecule has 1 aliphatic carbocycles. The highest BCUT2D eigenvalue weighted by Gasteiger charge is 2.24. The molecule has 1 aromatic carbocycles. The van der Waals surface area contributed by atoms with Crippen LogP contribution < -0.4 is 10.6 Å². The number of urea groups is 1. The van der Waals surface area contributed by atoms with Crippen LogP contribution in [0.2, 0.25) is 10.0 Å². The summed E-state index contributed by atoms with van der Waals surface area (Å²) in [6.45, 7) is 0. The fraction of sp³-hybridized carbons (Fsp3) is 0.188. The third-order valence-electron chi connectivity index (χ3n) is 3.75. The number of nitrogens with one attached hydrogen (secondary N) is 3. The molecule has 0 spiro atoms. The largest absolute Gasteiger partial charge is 0.335 e. The van der Waals surface area contributed by atoms with Crippen LogP contribution in [0.1, 0.15) is 12.8 Å². The fourth-order valence-electron chi connectivity index (χ4n) is 2.43. The van der Waals surface area contributed by atoms with Gasteiger partial charge in [-0.1, -0.05) is 29.3 Å². The van der Waals surface area contributed by atoms with Gasteiger partial charge in [-0.15, -0.1) is 0 Å². The number of pyridine rings is 1. The van der Waals surface area contributed by atoms with E-state index in [0.717, 1.165) is 12.8 Å². The molecule has 3 N–H and O–H groups in total. The third-order valence-corrected chi connectivity index (χ3v) is 4.38. The van der Waals surface area contributed by atoms with Crippen molar-refractivity contribution >= 4 is 46.1 Å². The first-order valence-electron chi connectivity index (χ1n) is 7.48. The first-order chi connectivity index (χ1) is 11.6. The summed E-state index contributed by atoms with van der Waals surface area (Å²) in [5, 5.41) is 6.60. The van der Waals surface area contributed by atoms with Gasteiger partial charge in [-0.3, -0.25) is 5.32 Å². The first-order valence-corrected chi connectivity index (χ1v) is 8.24. The van der Waals surface area contributed by atoms with Crippen LogP contribution >= 0.6 is 23.2 Å². The highest BCUT2D eigenvalue weighted by atomic mass is 35.5. The van der Waals surface area contributed by atoms with E-state index in [0.29, 0.717) is 38.3 Å². The maximum atomic E-state index is 12.0. The zero-order chi connectivity index (χ0) is 16.7. The number of rotatable bonds is 3. The molecule has 1 aliphatic rings. The first kappa shape index (κ1) is 15.2. The van der Waals surface area contributed by atoms with Crippen molar-refractivity contribution in [1.82, 2.24) is 20.3 Å². The van der Waals surface area contributed by atoms with Crippen LogP contribution in [0.25, 0.3) is 22.4 Å². The van der Waals surface area contributed by atoms with Gasteiger partial charge in [-0.05, 0) is 31.0 Å². The van der Waals surface area contributed by atoms with Crippen molar-refractivity contribution in [2.75, 3.05) is 5.32 Å². The molecule has 8 heteroatoms. The van der Waals surface area contributed by atoms with Gasteiger partial charge in [-0.25, -0.2) is 14.8 Å². The normalized spacial score (nSPS) is 13.9. The van der Waals surface area contributed by atoms with Crippen molar-refractivity contribution in [3.63, 3.8) is 0 Å². The Bertz CT molecular complexity index is 915. The number of anilines is 1. The summed E-state index contributed by atoms with van der Waals surface area (Å²) in [6.07, 6.45) is 3.63. The summed E-state index contributed by atoms with van der Waals surface area (Å²) in [7, 11) is 0. The number of aromatic amines is 1. The van der Waals surface area contributed by atoms with Crippen LogP contribution in [-0.2, 0) is 0 Å². The summed E-state index contributed by atoms with van der Waals surface area (Å²) in [5.74, 6) is 0.937. The zero-order valence-electron chi connectivity index (χ0n) is 12.4. The minimum absolute atomic E-state index is 0.267. The summed E-state index contributed by atoms with van der Waals surface area (Å²) in [4.78, 5) is 23.8. The molecule has 2 amide bonds. The lowest BCUT2D eigenvalue weighted by Gasteiger charge is -2.06. The van der Waals surface area contributed by atoms with E-state index in [1.165, 1.54) is 0 Å². The van der Waals surface area contributed by atoms with Crippen LogP contribution in [0, 0.1) is 0 Å². The standard InChI is InChI=1S/C16H13Cl2N5O/c17-9-2-1-3-10(18)12(9)14-21-11-6-7-19-15(13(11)22-14)23-16(24)20-8-4-5-8/h1-3,6-8H,4-5H2,(H,21,22)(H2,19,20,23,24). The van der Waals surface area contributed by atoms with Crippen molar-refractivity contribution in [2.45, 2.75) is 18.9 Å². The predicted octanol–water partition coefficient (Wildman–Crippen LogP) is 4.22. The minimum atomic E-state index is -0.274. The molecule has 0 radical (unpaired) electrons. The van der Waals surface area contributed by atoms with Crippen LogP contribution in [0.5, 0.6) is 0 Å². The van der Waals surface area contributed by atoms with Crippen LogP contribution in [-0.4, -0.2) is 27.0 Å². The Hall–Kier alpha value is -2.31. The number of H-pyrrole nitrogens is 1. The topological polar surface area (TPSA) is 82.7 Å². The smallest absolute Gasteiger partial charge is 0.320 e. The average Bonchev–Trinajstić information content (AvgIpc) is 3.23. The lowest BCUT2D eigenvalue weighted by Crippen LogP contribution is -2.30. The van der Waals surface area contributed by atoms with Gasteiger partial charge in [0.1, 0.15) is 11.3 Å². The Morgan fingerprint density at radius 2 is 1.96 bits per heavy atom. The van der Waals surface area contributed by atoms with Crippen molar-refractivity contribution in [1.29, 1.82) is 0 Å². The molecule has 4 rings (SSSR count). The van der Waals surface area contributed by atoms with Gasteiger partial charge in [-0.2, -0.15) is 0 Å². The van der Waals surface area contributed by atoms with Crippen molar-refractivity contribution in [2.24, 2.45) is 0 Å². The van der Waals surface area contributed by atoms with E-state index in [2.05, 4.69) is 25.6 Å². The summed E-state index contributed by atoms with van der Waals surface area (Å²) >= 11 is 12.5. The van der Waals surface area contributed by atoms with Gasteiger partial charge in [0.05, 0.1) is 21.1 Å².